The number of likely N-dealkylation sites (tertiary alicyclic amines) is 1. The quantitative estimate of drug-likeness (QED) is 0.879. The highest BCUT2D eigenvalue weighted by atomic mass is 19.2. The van der Waals surface area contributed by atoms with Crippen molar-refractivity contribution in [1.82, 2.24) is 4.90 Å². The summed E-state index contributed by atoms with van der Waals surface area (Å²) >= 11 is 0. The van der Waals surface area contributed by atoms with Gasteiger partial charge in [0.25, 0.3) is 0 Å². The van der Waals surface area contributed by atoms with Gasteiger partial charge in [-0.1, -0.05) is 12.1 Å². The summed E-state index contributed by atoms with van der Waals surface area (Å²) in [5.74, 6) is -1.52. The largest absolute Gasteiger partial charge is 0.328 e. The van der Waals surface area contributed by atoms with Crippen molar-refractivity contribution >= 4 is 0 Å². The Morgan fingerprint density at radius 3 is 2.72 bits per heavy atom. The second-order valence-electron chi connectivity index (χ2n) is 5.27. The zero-order valence-electron chi connectivity index (χ0n) is 10.9. The van der Waals surface area contributed by atoms with Crippen LogP contribution in [0.15, 0.2) is 18.2 Å². The maximum Gasteiger partial charge on any atom is 0.163 e. The fourth-order valence-electron chi connectivity index (χ4n) is 2.71. The zero-order chi connectivity index (χ0) is 13.3. The highest BCUT2D eigenvalue weighted by molar-refractivity contribution is 5.23. The van der Waals surface area contributed by atoms with Crippen LogP contribution < -0.4 is 5.73 Å². The maximum atomic E-state index is 13.9. The standard InChI is InChI=1S/C14H20F2N2/c1-9(2)18-7-6-10(17)8-13(18)11-4-3-5-12(15)14(11)16/h3-5,9-10,13H,6-8,17H2,1-2H3. The number of nitrogens with zero attached hydrogens (tertiary/aromatic N) is 1. The van der Waals surface area contributed by atoms with Crippen molar-refractivity contribution in [2.24, 2.45) is 5.73 Å². The predicted octanol–water partition coefficient (Wildman–Crippen LogP) is 2.84. The molecule has 0 aliphatic carbocycles. The van der Waals surface area contributed by atoms with Gasteiger partial charge in [-0.05, 0) is 32.8 Å². The summed E-state index contributed by atoms with van der Waals surface area (Å²) in [5.41, 5.74) is 6.40. The number of halogens is 2. The molecule has 1 aromatic carbocycles. The van der Waals surface area contributed by atoms with Gasteiger partial charge in [0.15, 0.2) is 11.6 Å². The molecule has 1 heterocycles. The van der Waals surface area contributed by atoms with E-state index >= 15 is 0 Å². The lowest BCUT2D eigenvalue weighted by atomic mass is 9.91. The van der Waals surface area contributed by atoms with E-state index in [1.54, 1.807) is 12.1 Å². The van der Waals surface area contributed by atoms with Gasteiger partial charge in [-0.25, -0.2) is 8.78 Å². The number of benzene rings is 1. The molecule has 1 aliphatic heterocycles. The third-order valence-corrected chi connectivity index (χ3v) is 3.69. The molecule has 0 amide bonds. The summed E-state index contributed by atoms with van der Waals surface area (Å²) in [7, 11) is 0. The minimum Gasteiger partial charge on any atom is -0.328 e. The molecule has 0 saturated carbocycles. The summed E-state index contributed by atoms with van der Waals surface area (Å²) in [4.78, 5) is 2.20. The average Bonchev–Trinajstić information content (AvgIpc) is 2.32. The smallest absolute Gasteiger partial charge is 0.163 e. The van der Waals surface area contributed by atoms with Crippen molar-refractivity contribution in [2.75, 3.05) is 6.54 Å². The van der Waals surface area contributed by atoms with Gasteiger partial charge in [0.1, 0.15) is 0 Å². The van der Waals surface area contributed by atoms with Crippen LogP contribution in [0.3, 0.4) is 0 Å². The molecule has 1 saturated heterocycles. The van der Waals surface area contributed by atoms with Crippen LogP contribution in [-0.4, -0.2) is 23.5 Å². The summed E-state index contributed by atoms with van der Waals surface area (Å²) < 4.78 is 27.2. The predicted molar refractivity (Wildman–Crippen MR) is 68.2 cm³/mol. The van der Waals surface area contributed by atoms with Crippen molar-refractivity contribution in [1.29, 1.82) is 0 Å². The van der Waals surface area contributed by atoms with Crippen LogP contribution in [0.5, 0.6) is 0 Å². The van der Waals surface area contributed by atoms with E-state index in [0.717, 1.165) is 19.0 Å². The average molecular weight is 254 g/mol. The Morgan fingerprint density at radius 2 is 2.06 bits per heavy atom. The molecule has 1 fully saturated rings. The number of hydrogen-bond donors (Lipinski definition) is 1. The molecule has 2 nitrogen and oxygen atoms in total. The molecular formula is C14H20F2N2. The third kappa shape index (κ3) is 2.54. The molecule has 1 aromatic rings. The summed E-state index contributed by atoms with van der Waals surface area (Å²) in [6.07, 6.45) is 1.59. The van der Waals surface area contributed by atoms with Gasteiger partial charge in [0.05, 0.1) is 0 Å². The molecule has 2 atom stereocenters. The molecule has 4 heteroatoms. The fraction of sp³-hybridized carbons (Fsp3) is 0.571. The molecule has 18 heavy (non-hydrogen) atoms. The van der Waals surface area contributed by atoms with Crippen LogP contribution in [0.4, 0.5) is 8.78 Å². The van der Waals surface area contributed by atoms with E-state index in [4.69, 9.17) is 5.73 Å². The fourth-order valence-corrected chi connectivity index (χ4v) is 2.71. The molecular weight excluding hydrogens is 234 g/mol. The van der Waals surface area contributed by atoms with Gasteiger partial charge >= 0.3 is 0 Å². The zero-order valence-corrected chi connectivity index (χ0v) is 10.9. The normalized spacial score (nSPS) is 25.7. The molecule has 2 N–H and O–H groups in total. The van der Waals surface area contributed by atoms with Crippen LogP contribution in [0, 0.1) is 11.6 Å². The van der Waals surface area contributed by atoms with E-state index in [2.05, 4.69) is 18.7 Å². The van der Waals surface area contributed by atoms with Crippen LogP contribution >= 0.6 is 0 Å². The number of rotatable bonds is 2. The molecule has 0 bridgehead atoms. The molecule has 0 aromatic heterocycles. The molecule has 2 unspecified atom stereocenters. The molecule has 2 rings (SSSR count). The minimum absolute atomic E-state index is 0.0627. The summed E-state index contributed by atoms with van der Waals surface area (Å²) in [6, 6.07) is 4.62. The first-order chi connectivity index (χ1) is 8.50. The van der Waals surface area contributed by atoms with Crippen molar-refractivity contribution < 1.29 is 8.78 Å². The Balaban J connectivity index is 2.35. The van der Waals surface area contributed by atoms with E-state index in [0.29, 0.717) is 18.0 Å². The monoisotopic (exact) mass is 254 g/mol. The molecule has 0 spiro atoms. The lowest BCUT2D eigenvalue weighted by Gasteiger charge is -2.41. The Kier molecular flexibility index (Phi) is 3.97. The van der Waals surface area contributed by atoms with E-state index in [1.807, 2.05) is 0 Å². The molecule has 100 valence electrons. The van der Waals surface area contributed by atoms with Crippen molar-refractivity contribution in [3.63, 3.8) is 0 Å². The molecule has 1 aliphatic rings. The van der Waals surface area contributed by atoms with Gasteiger partial charge in [0, 0.05) is 30.2 Å². The summed E-state index contributed by atoms with van der Waals surface area (Å²) in [5, 5.41) is 0. The van der Waals surface area contributed by atoms with Crippen LogP contribution in [-0.2, 0) is 0 Å². The van der Waals surface area contributed by atoms with E-state index in [9.17, 15) is 8.78 Å². The third-order valence-electron chi connectivity index (χ3n) is 3.69. The second-order valence-corrected chi connectivity index (χ2v) is 5.27. The van der Waals surface area contributed by atoms with Crippen LogP contribution in [0.25, 0.3) is 0 Å². The summed E-state index contributed by atoms with van der Waals surface area (Å²) in [6.45, 7) is 4.97. The first-order valence-electron chi connectivity index (χ1n) is 6.46. The van der Waals surface area contributed by atoms with Gasteiger partial charge in [-0.2, -0.15) is 0 Å². The van der Waals surface area contributed by atoms with Gasteiger partial charge in [-0.15, -0.1) is 0 Å². The minimum atomic E-state index is -0.782. The van der Waals surface area contributed by atoms with Crippen molar-refractivity contribution in [2.45, 2.75) is 44.8 Å². The second kappa shape index (κ2) is 5.33. The van der Waals surface area contributed by atoms with E-state index in [-0.39, 0.29) is 12.1 Å². The van der Waals surface area contributed by atoms with Gasteiger partial charge < -0.3 is 5.73 Å². The topological polar surface area (TPSA) is 29.3 Å². The lowest BCUT2D eigenvalue weighted by molar-refractivity contribution is 0.0985. The number of nitrogens with two attached hydrogens (primary N) is 1. The van der Waals surface area contributed by atoms with E-state index in [1.165, 1.54) is 0 Å². The first-order valence-corrected chi connectivity index (χ1v) is 6.46. The SMILES string of the molecule is CC(C)N1CCC(N)CC1c1cccc(F)c1F. The van der Waals surface area contributed by atoms with Crippen molar-refractivity contribution in [3.05, 3.63) is 35.4 Å². The number of hydrogen-bond acceptors (Lipinski definition) is 2. The van der Waals surface area contributed by atoms with Crippen LogP contribution in [0.2, 0.25) is 0 Å². The maximum absolute atomic E-state index is 13.9. The Morgan fingerprint density at radius 1 is 1.33 bits per heavy atom. The molecule has 0 radical (unpaired) electrons. The van der Waals surface area contributed by atoms with Gasteiger partial charge in [0.2, 0.25) is 0 Å². The first kappa shape index (κ1) is 13.4. The lowest BCUT2D eigenvalue weighted by Crippen LogP contribution is -2.45. The Bertz CT molecular complexity index is 420. The van der Waals surface area contributed by atoms with Gasteiger partial charge in [-0.3, -0.25) is 4.90 Å². The highest BCUT2D eigenvalue weighted by Gasteiger charge is 2.31. The highest BCUT2D eigenvalue weighted by Crippen LogP contribution is 2.33. The Hall–Kier alpha value is -1.00. The van der Waals surface area contributed by atoms with Crippen LogP contribution in [0.1, 0.15) is 38.3 Å². The van der Waals surface area contributed by atoms with Crippen molar-refractivity contribution in [3.8, 4) is 0 Å². The number of piperidine rings is 1. The van der Waals surface area contributed by atoms with E-state index < -0.39 is 11.6 Å². The Labute approximate surface area is 107 Å².